The van der Waals surface area contributed by atoms with Crippen LogP contribution in [-0.2, 0) is 19.2 Å². The van der Waals surface area contributed by atoms with Gasteiger partial charge in [0, 0.05) is 18.7 Å². The maximum absolute atomic E-state index is 12.7. The fourth-order valence-electron chi connectivity index (χ4n) is 4.88. The Kier molecular flexibility index (Phi) is 5.32. The van der Waals surface area contributed by atoms with Crippen molar-refractivity contribution in [2.45, 2.75) is 26.2 Å². The van der Waals surface area contributed by atoms with E-state index >= 15 is 0 Å². The van der Waals surface area contributed by atoms with Crippen LogP contribution >= 0.6 is 0 Å². The van der Waals surface area contributed by atoms with E-state index in [2.05, 4.69) is 0 Å². The molecule has 1 aliphatic carbocycles. The minimum Gasteiger partial charge on any atom is -0.426 e. The number of hydrogen-bond acceptors (Lipinski definition) is 5. The molecule has 0 bridgehead atoms. The average molecular weight is 444 g/mol. The summed E-state index contributed by atoms with van der Waals surface area (Å²) in [6.07, 6.45) is 5.17. The van der Waals surface area contributed by atoms with Gasteiger partial charge in [0.1, 0.15) is 5.75 Å². The summed E-state index contributed by atoms with van der Waals surface area (Å²) in [7, 11) is 0. The van der Waals surface area contributed by atoms with Crippen molar-refractivity contribution in [3.63, 3.8) is 0 Å². The average Bonchev–Trinajstić information content (AvgIpc) is 3.33. The third-order valence-electron chi connectivity index (χ3n) is 6.69. The molecule has 7 heteroatoms. The molecule has 5 rings (SSSR count). The van der Waals surface area contributed by atoms with Gasteiger partial charge in [-0.05, 0) is 55.7 Å². The zero-order valence-corrected chi connectivity index (χ0v) is 18.3. The number of anilines is 2. The van der Waals surface area contributed by atoms with Gasteiger partial charge in [0.25, 0.3) is 0 Å². The lowest BCUT2D eigenvalue weighted by atomic mass is 9.85. The van der Waals surface area contributed by atoms with Crippen molar-refractivity contribution >= 4 is 35.1 Å². The molecular weight excluding hydrogens is 420 g/mol. The van der Waals surface area contributed by atoms with E-state index in [1.807, 2.05) is 43.3 Å². The van der Waals surface area contributed by atoms with Crippen molar-refractivity contribution in [2.75, 3.05) is 16.3 Å². The van der Waals surface area contributed by atoms with E-state index in [0.29, 0.717) is 24.3 Å². The topological polar surface area (TPSA) is 84.0 Å². The molecule has 2 aliphatic heterocycles. The van der Waals surface area contributed by atoms with Crippen LogP contribution in [0.3, 0.4) is 0 Å². The molecule has 0 unspecified atom stereocenters. The minimum absolute atomic E-state index is 0.0961. The monoisotopic (exact) mass is 444 g/mol. The fourth-order valence-corrected chi connectivity index (χ4v) is 4.88. The van der Waals surface area contributed by atoms with Gasteiger partial charge in [0.2, 0.25) is 17.7 Å². The normalized spacial score (nSPS) is 24.4. The number of fused-ring (bicyclic) bond motifs is 1. The van der Waals surface area contributed by atoms with Gasteiger partial charge in [-0.3, -0.25) is 24.1 Å². The van der Waals surface area contributed by atoms with E-state index in [0.717, 1.165) is 11.3 Å². The highest BCUT2D eigenvalue weighted by Gasteiger charge is 2.47. The van der Waals surface area contributed by atoms with E-state index < -0.39 is 11.9 Å². The molecule has 0 radical (unpaired) electrons. The number of amides is 3. The molecule has 2 saturated heterocycles. The molecule has 3 amide bonds. The number of imide groups is 1. The second kappa shape index (κ2) is 8.31. The first-order valence-corrected chi connectivity index (χ1v) is 11.1. The molecule has 33 heavy (non-hydrogen) atoms. The molecule has 7 nitrogen and oxygen atoms in total. The quantitative estimate of drug-likeness (QED) is 0.312. The Morgan fingerprint density at radius 1 is 0.909 bits per heavy atom. The standard InChI is InChI=1S/C26H24N2O5/c1-16-6-2-5-9-22(16)27-15-17(14-23(27)29)26(32)33-19-12-10-18(11-13-19)28-24(30)20-7-3-4-8-21(20)25(28)31/h2-6,9-13,17,20-21H,7-8,14-15H2,1H3/t17-,20-,21+/m0/s1. The van der Waals surface area contributed by atoms with Crippen LogP contribution in [0.2, 0.25) is 0 Å². The molecule has 0 spiro atoms. The van der Waals surface area contributed by atoms with E-state index in [4.69, 9.17) is 4.74 Å². The third-order valence-corrected chi connectivity index (χ3v) is 6.69. The summed E-state index contributed by atoms with van der Waals surface area (Å²) < 4.78 is 5.51. The zero-order chi connectivity index (χ0) is 23.1. The molecule has 0 saturated carbocycles. The lowest BCUT2D eigenvalue weighted by Gasteiger charge is -2.18. The van der Waals surface area contributed by atoms with Crippen LogP contribution < -0.4 is 14.5 Å². The first-order valence-electron chi connectivity index (χ1n) is 11.1. The van der Waals surface area contributed by atoms with Crippen LogP contribution in [0.4, 0.5) is 11.4 Å². The number of allylic oxidation sites excluding steroid dienone is 2. The second-order valence-corrected chi connectivity index (χ2v) is 8.77. The smallest absolute Gasteiger partial charge is 0.316 e. The summed E-state index contributed by atoms with van der Waals surface area (Å²) in [6, 6.07) is 13.9. The zero-order valence-electron chi connectivity index (χ0n) is 18.3. The SMILES string of the molecule is Cc1ccccc1N1C[C@@H](C(=O)Oc2ccc(N3C(=O)[C@H]4CC=CC[C@H]4C3=O)cc2)CC1=O. The molecule has 2 aromatic carbocycles. The Balaban J connectivity index is 1.25. The maximum Gasteiger partial charge on any atom is 0.316 e. The number of carbonyl (C=O) groups excluding carboxylic acids is 4. The fraction of sp³-hybridized carbons (Fsp3) is 0.308. The molecule has 3 atom stereocenters. The van der Waals surface area contributed by atoms with Crippen molar-refractivity contribution in [3.05, 3.63) is 66.2 Å². The number of carbonyl (C=O) groups is 4. The summed E-state index contributed by atoms with van der Waals surface area (Å²) in [5.74, 6) is -1.79. The van der Waals surface area contributed by atoms with Crippen LogP contribution in [0, 0.1) is 24.7 Å². The number of nitrogens with zero attached hydrogens (tertiary/aromatic N) is 2. The van der Waals surface area contributed by atoms with Gasteiger partial charge in [0.15, 0.2) is 0 Å². The van der Waals surface area contributed by atoms with Crippen molar-refractivity contribution < 1.29 is 23.9 Å². The van der Waals surface area contributed by atoms with Crippen LogP contribution in [-0.4, -0.2) is 30.2 Å². The Hall–Kier alpha value is -3.74. The Labute approximate surface area is 191 Å². The molecule has 2 aromatic rings. The second-order valence-electron chi connectivity index (χ2n) is 8.77. The first-order chi connectivity index (χ1) is 15.9. The van der Waals surface area contributed by atoms with Crippen molar-refractivity contribution in [3.8, 4) is 5.75 Å². The summed E-state index contributed by atoms with van der Waals surface area (Å²) in [6.45, 7) is 2.20. The lowest BCUT2D eigenvalue weighted by molar-refractivity contribution is -0.139. The molecular formula is C26H24N2O5. The summed E-state index contributed by atoms with van der Waals surface area (Å²) >= 11 is 0. The Bertz CT molecular complexity index is 1140. The van der Waals surface area contributed by atoms with E-state index in [-0.39, 0.29) is 42.5 Å². The first kappa shape index (κ1) is 21.1. The molecule has 3 aliphatic rings. The molecule has 2 heterocycles. The summed E-state index contributed by atoms with van der Waals surface area (Å²) in [5.41, 5.74) is 2.25. The minimum atomic E-state index is -0.561. The third kappa shape index (κ3) is 3.73. The van der Waals surface area contributed by atoms with Crippen LogP contribution in [0.1, 0.15) is 24.8 Å². The number of rotatable bonds is 4. The number of benzene rings is 2. The van der Waals surface area contributed by atoms with Crippen LogP contribution in [0.15, 0.2) is 60.7 Å². The number of esters is 1. The summed E-state index contributed by atoms with van der Waals surface area (Å²) in [4.78, 5) is 53.6. The largest absolute Gasteiger partial charge is 0.426 e. The van der Waals surface area contributed by atoms with Crippen LogP contribution in [0.25, 0.3) is 0 Å². The van der Waals surface area contributed by atoms with E-state index in [1.54, 1.807) is 29.2 Å². The highest BCUT2D eigenvalue weighted by Crippen LogP contribution is 2.38. The number of ether oxygens (including phenoxy) is 1. The van der Waals surface area contributed by atoms with Crippen molar-refractivity contribution in [1.82, 2.24) is 0 Å². The van der Waals surface area contributed by atoms with E-state index in [9.17, 15) is 19.2 Å². The van der Waals surface area contributed by atoms with Crippen molar-refractivity contribution in [1.29, 1.82) is 0 Å². The van der Waals surface area contributed by atoms with Gasteiger partial charge < -0.3 is 9.64 Å². The maximum atomic E-state index is 12.7. The van der Waals surface area contributed by atoms with Gasteiger partial charge in [-0.25, -0.2) is 0 Å². The van der Waals surface area contributed by atoms with Crippen molar-refractivity contribution in [2.24, 2.45) is 17.8 Å². The lowest BCUT2D eigenvalue weighted by Crippen LogP contribution is -2.30. The van der Waals surface area contributed by atoms with Crippen LogP contribution in [0.5, 0.6) is 5.75 Å². The van der Waals surface area contributed by atoms with Gasteiger partial charge in [-0.15, -0.1) is 0 Å². The molecule has 168 valence electrons. The highest BCUT2D eigenvalue weighted by molar-refractivity contribution is 6.22. The van der Waals surface area contributed by atoms with Gasteiger partial charge in [0.05, 0.1) is 23.4 Å². The molecule has 0 aromatic heterocycles. The number of aryl methyl sites for hydroxylation is 1. The molecule has 2 fully saturated rings. The number of hydrogen-bond donors (Lipinski definition) is 0. The molecule has 0 N–H and O–H groups in total. The Morgan fingerprint density at radius 2 is 1.55 bits per heavy atom. The van der Waals surface area contributed by atoms with Gasteiger partial charge in [-0.1, -0.05) is 30.4 Å². The predicted molar refractivity (Wildman–Crippen MR) is 122 cm³/mol. The van der Waals surface area contributed by atoms with Gasteiger partial charge >= 0.3 is 5.97 Å². The number of para-hydroxylation sites is 1. The Morgan fingerprint density at radius 3 is 2.18 bits per heavy atom. The predicted octanol–water partition coefficient (Wildman–Crippen LogP) is 3.41. The van der Waals surface area contributed by atoms with E-state index in [1.165, 1.54) is 4.90 Å². The highest BCUT2D eigenvalue weighted by atomic mass is 16.5. The summed E-state index contributed by atoms with van der Waals surface area (Å²) in [5, 5.41) is 0. The van der Waals surface area contributed by atoms with Gasteiger partial charge in [-0.2, -0.15) is 0 Å².